The van der Waals surface area contributed by atoms with E-state index < -0.39 is 5.91 Å². The number of aryl methyl sites for hydroxylation is 1. The molecule has 1 aromatic carbocycles. The fraction of sp³-hybridized carbons (Fsp3) is 0.200. The van der Waals surface area contributed by atoms with Gasteiger partial charge in [0.05, 0.1) is 12.1 Å². The van der Waals surface area contributed by atoms with Crippen LogP contribution in [0.3, 0.4) is 0 Å². The Balaban J connectivity index is 2.34. The van der Waals surface area contributed by atoms with Crippen LogP contribution in [0, 0.1) is 13.8 Å². The summed E-state index contributed by atoms with van der Waals surface area (Å²) < 4.78 is 5.33. The monoisotopic (exact) mass is 324 g/mol. The summed E-state index contributed by atoms with van der Waals surface area (Å²) in [4.78, 5) is 16.2. The summed E-state index contributed by atoms with van der Waals surface area (Å²) >= 11 is 11.8. The Labute approximate surface area is 133 Å². The molecule has 0 fully saturated rings. The zero-order valence-corrected chi connectivity index (χ0v) is 13.3. The van der Waals surface area contributed by atoms with E-state index in [1.165, 1.54) is 12.1 Å². The van der Waals surface area contributed by atoms with Gasteiger partial charge >= 0.3 is 0 Å². The van der Waals surface area contributed by atoms with E-state index in [0.717, 1.165) is 16.9 Å². The highest BCUT2D eigenvalue weighted by molar-refractivity contribution is 6.35. The molecule has 0 atom stereocenters. The number of pyridine rings is 1. The molecule has 0 aliphatic carbocycles. The molecule has 0 aliphatic heterocycles. The van der Waals surface area contributed by atoms with Crippen molar-refractivity contribution in [2.75, 3.05) is 12.4 Å². The van der Waals surface area contributed by atoms with Gasteiger partial charge in [-0.25, -0.2) is 4.98 Å². The summed E-state index contributed by atoms with van der Waals surface area (Å²) in [7, 11) is 1.59. The van der Waals surface area contributed by atoms with Gasteiger partial charge in [-0.3, -0.25) is 4.79 Å². The summed E-state index contributed by atoms with van der Waals surface area (Å²) in [5.41, 5.74) is 2.55. The molecule has 0 spiro atoms. The Hall–Kier alpha value is -1.78. The fourth-order valence-corrected chi connectivity index (χ4v) is 2.37. The average molecular weight is 325 g/mol. The molecule has 2 rings (SSSR count). The number of hydrogen-bond acceptors (Lipinski definition) is 3. The molecule has 0 aliphatic rings. The second-order valence-corrected chi connectivity index (χ2v) is 5.30. The molecule has 6 heteroatoms. The molecular formula is C15H14Cl2N2O2. The second kappa shape index (κ2) is 6.33. The van der Waals surface area contributed by atoms with Crippen molar-refractivity contribution in [1.29, 1.82) is 0 Å². The van der Waals surface area contributed by atoms with Crippen molar-refractivity contribution < 1.29 is 9.53 Å². The van der Waals surface area contributed by atoms with Crippen LogP contribution < -0.4 is 10.1 Å². The van der Waals surface area contributed by atoms with Gasteiger partial charge < -0.3 is 10.1 Å². The molecule has 1 aromatic heterocycles. The lowest BCUT2D eigenvalue weighted by molar-refractivity contribution is 0.102. The number of anilines is 1. The lowest BCUT2D eigenvalue weighted by Gasteiger charge is -2.14. The van der Waals surface area contributed by atoms with E-state index in [1.54, 1.807) is 7.11 Å². The van der Waals surface area contributed by atoms with Gasteiger partial charge in [0, 0.05) is 11.3 Å². The molecule has 0 unspecified atom stereocenters. The van der Waals surface area contributed by atoms with Crippen LogP contribution in [0.4, 0.5) is 5.69 Å². The number of hydrogen-bond donors (Lipinski definition) is 1. The predicted molar refractivity (Wildman–Crippen MR) is 84.7 cm³/mol. The van der Waals surface area contributed by atoms with E-state index in [-0.39, 0.29) is 15.9 Å². The Kier molecular flexibility index (Phi) is 4.70. The van der Waals surface area contributed by atoms with E-state index in [4.69, 9.17) is 27.9 Å². The molecule has 4 nitrogen and oxygen atoms in total. The zero-order chi connectivity index (χ0) is 15.6. The quantitative estimate of drug-likeness (QED) is 0.858. The Morgan fingerprint density at radius 2 is 1.90 bits per heavy atom. The normalized spacial score (nSPS) is 10.3. The smallest absolute Gasteiger partial charge is 0.275 e. The van der Waals surface area contributed by atoms with E-state index in [9.17, 15) is 4.79 Å². The Morgan fingerprint density at radius 1 is 1.19 bits per heavy atom. The van der Waals surface area contributed by atoms with Crippen molar-refractivity contribution in [3.63, 3.8) is 0 Å². The van der Waals surface area contributed by atoms with Crippen LogP contribution in [-0.4, -0.2) is 18.0 Å². The number of methoxy groups -OCH3 is 1. The molecule has 0 radical (unpaired) electrons. The SMILES string of the molecule is COc1c(C)ccc(NC(=O)c2nc(Cl)ccc2Cl)c1C. The number of carbonyl (C=O) groups is 1. The molecule has 110 valence electrons. The number of ether oxygens (including phenoxy) is 1. The Morgan fingerprint density at radius 3 is 2.57 bits per heavy atom. The molecule has 1 heterocycles. The molecule has 21 heavy (non-hydrogen) atoms. The van der Waals surface area contributed by atoms with Gasteiger partial charge in [0.15, 0.2) is 0 Å². The summed E-state index contributed by atoms with van der Waals surface area (Å²) in [6, 6.07) is 6.74. The molecule has 0 saturated heterocycles. The minimum Gasteiger partial charge on any atom is -0.496 e. The van der Waals surface area contributed by atoms with Gasteiger partial charge in [0.2, 0.25) is 0 Å². The van der Waals surface area contributed by atoms with Crippen molar-refractivity contribution >= 4 is 34.8 Å². The third-order valence-corrected chi connectivity index (χ3v) is 3.60. The zero-order valence-electron chi connectivity index (χ0n) is 11.8. The second-order valence-electron chi connectivity index (χ2n) is 4.51. The van der Waals surface area contributed by atoms with E-state index in [2.05, 4.69) is 10.3 Å². The third kappa shape index (κ3) is 3.28. The van der Waals surface area contributed by atoms with Gasteiger partial charge in [0.1, 0.15) is 16.6 Å². The topological polar surface area (TPSA) is 51.2 Å². The third-order valence-electron chi connectivity index (χ3n) is 3.08. The van der Waals surface area contributed by atoms with Crippen molar-refractivity contribution in [2.24, 2.45) is 0 Å². The number of nitrogens with one attached hydrogen (secondary N) is 1. The van der Waals surface area contributed by atoms with Crippen LogP contribution in [0.15, 0.2) is 24.3 Å². The van der Waals surface area contributed by atoms with Crippen LogP contribution in [0.2, 0.25) is 10.2 Å². The molecule has 1 N–H and O–H groups in total. The first kappa shape index (κ1) is 15.6. The van der Waals surface area contributed by atoms with Crippen molar-refractivity contribution in [2.45, 2.75) is 13.8 Å². The van der Waals surface area contributed by atoms with Crippen LogP contribution in [0.25, 0.3) is 0 Å². The molecular weight excluding hydrogens is 311 g/mol. The highest BCUT2D eigenvalue weighted by Crippen LogP contribution is 2.29. The fourth-order valence-electron chi connectivity index (χ4n) is 2.04. The standard InChI is InChI=1S/C15H14Cl2N2O2/c1-8-4-6-11(9(2)14(8)21-3)18-15(20)13-10(16)5-7-12(17)19-13/h4-7H,1-3H3,(H,18,20). The van der Waals surface area contributed by atoms with Crippen LogP contribution >= 0.6 is 23.2 Å². The molecule has 0 saturated carbocycles. The minimum atomic E-state index is -0.420. The largest absolute Gasteiger partial charge is 0.496 e. The number of carbonyl (C=O) groups excluding carboxylic acids is 1. The summed E-state index contributed by atoms with van der Waals surface area (Å²) in [6.45, 7) is 3.81. The highest BCUT2D eigenvalue weighted by atomic mass is 35.5. The number of benzene rings is 1. The van der Waals surface area contributed by atoms with E-state index in [0.29, 0.717) is 5.69 Å². The van der Waals surface area contributed by atoms with Crippen LogP contribution in [-0.2, 0) is 0 Å². The van der Waals surface area contributed by atoms with Gasteiger partial charge in [0.25, 0.3) is 5.91 Å². The number of aromatic nitrogens is 1. The Bertz CT molecular complexity index is 702. The molecule has 0 bridgehead atoms. The maximum Gasteiger partial charge on any atom is 0.275 e. The summed E-state index contributed by atoms with van der Waals surface area (Å²) in [5.74, 6) is 0.314. The van der Waals surface area contributed by atoms with Crippen molar-refractivity contribution in [1.82, 2.24) is 4.98 Å². The summed E-state index contributed by atoms with van der Waals surface area (Å²) in [5, 5.41) is 3.23. The summed E-state index contributed by atoms with van der Waals surface area (Å²) in [6.07, 6.45) is 0. The number of nitrogens with zero attached hydrogens (tertiary/aromatic N) is 1. The lowest BCUT2D eigenvalue weighted by atomic mass is 10.1. The van der Waals surface area contributed by atoms with E-state index >= 15 is 0 Å². The van der Waals surface area contributed by atoms with Gasteiger partial charge in [-0.15, -0.1) is 0 Å². The van der Waals surface area contributed by atoms with Gasteiger partial charge in [-0.2, -0.15) is 0 Å². The number of amides is 1. The molecule has 2 aromatic rings. The van der Waals surface area contributed by atoms with Gasteiger partial charge in [-0.05, 0) is 37.6 Å². The van der Waals surface area contributed by atoms with Crippen LogP contribution in [0.1, 0.15) is 21.6 Å². The van der Waals surface area contributed by atoms with Crippen molar-refractivity contribution in [3.05, 3.63) is 51.3 Å². The van der Waals surface area contributed by atoms with Gasteiger partial charge in [-0.1, -0.05) is 29.3 Å². The first-order chi connectivity index (χ1) is 9.93. The predicted octanol–water partition coefficient (Wildman–Crippen LogP) is 4.27. The van der Waals surface area contributed by atoms with E-state index in [1.807, 2.05) is 26.0 Å². The average Bonchev–Trinajstić information content (AvgIpc) is 2.45. The lowest BCUT2D eigenvalue weighted by Crippen LogP contribution is -2.15. The number of rotatable bonds is 3. The maximum absolute atomic E-state index is 12.3. The first-order valence-corrected chi connectivity index (χ1v) is 6.97. The van der Waals surface area contributed by atoms with Crippen LogP contribution in [0.5, 0.6) is 5.75 Å². The highest BCUT2D eigenvalue weighted by Gasteiger charge is 2.16. The van der Waals surface area contributed by atoms with Crippen molar-refractivity contribution in [3.8, 4) is 5.75 Å². The minimum absolute atomic E-state index is 0.0862. The molecule has 1 amide bonds. The number of halogens is 2. The maximum atomic E-state index is 12.3. The first-order valence-electron chi connectivity index (χ1n) is 6.21.